The number of benzene rings is 1. The number of fused-ring (bicyclic) bond motifs is 1. The van der Waals surface area contributed by atoms with Crippen molar-refractivity contribution >= 4 is 46.3 Å². The number of halogens is 1. The lowest BCUT2D eigenvalue weighted by Gasteiger charge is -2.13. The second-order valence-corrected chi connectivity index (χ2v) is 9.45. The maximum atomic E-state index is 12.4. The van der Waals surface area contributed by atoms with Crippen LogP contribution in [0.15, 0.2) is 28.7 Å². The highest BCUT2D eigenvalue weighted by atomic mass is 35.5. The van der Waals surface area contributed by atoms with E-state index in [9.17, 15) is 4.79 Å². The van der Waals surface area contributed by atoms with E-state index in [0.29, 0.717) is 5.02 Å². The molecule has 0 bridgehead atoms. The highest BCUT2D eigenvalue weighted by Crippen LogP contribution is 2.36. The highest BCUT2D eigenvalue weighted by molar-refractivity contribution is 7.99. The molecule has 3 aromatic rings. The molecule has 0 fully saturated rings. The van der Waals surface area contributed by atoms with Gasteiger partial charge in [-0.3, -0.25) is 4.79 Å². The van der Waals surface area contributed by atoms with Gasteiger partial charge in [-0.1, -0.05) is 29.4 Å². The topological polar surface area (TPSA) is 59.8 Å². The molecule has 2 aromatic heterocycles. The van der Waals surface area contributed by atoms with Crippen molar-refractivity contribution < 1.29 is 4.79 Å². The molecule has 152 valence electrons. The summed E-state index contributed by atoms with van der Waals surface area (Å²) in [7, 11) is 0. The summed E-state index contributed by atoms with van der Waals surface area (Å²) < 4.78 is 2.11. The first-order chi connectivity index (χ1) is 14.1. The van der Waals surface area contributed by atoms with E-state index in [4.69, 9.17) is 11.6 Å². The average Bonchev–Trinajstić information content (AvgIpc) is 3.32. The van der Waals surface area contributed by atoms with E-state index in [1.807, 2.05) is 30.4 Å². The van der Waals surface area contributed by atoms with E-state index in [0.717, 1.165) is 35.2 Å². The largest absolute Gasteiger partial charge is 0.325 e. The second-order valence-electron chi connectivity index (χ2n) is 7.10. The number of aryl methyl sites for hydroxylation is 2. The monoisotopic (exact) mass is 446 g/mol. The Morgan fingerprint density at radius 3 is 2.97 bits per heavy atom. The predicted molar refractivity (Wildman–Crippen MR) is 121 cm³/mol. The Hall–Kier alpha value is -1.83. The molecule has 1 N–H and O–H groups in total. The molecule has 1 aliphatic carbocycles. The van der Waals surface area contributed by atoms with Crippen LogP contribution in [0.25, 0.3) is 11.4 Å². The molecular weight excluding hydrogens is 424 g/mol. The third-order valence-electron chi connectivity index (χ3n) is 5.14. The van der Waals surface area contributed by atoms with Crippen molar-refractivity contribution in [1.82, 2.24) is 14.8 Å². The number of hydrogen-bond donors (Lipinski definition) is 1. The standard InChI is InChI=1S/C21H23ClN4OS2/c1-3-26-20(16-11-28-18-7-5-4-6-15(16)18)24-25-21(26)29-12-19(27)23-17-10-14(22)9-8-13(17)2/h8-11H,3-7,12H2,1-2H3,(H,23,27). The van der Waals surface area contributed by atoms with Crippen LogP contribution < -0.4 is 5.32 Å². The summed E-state index contributed by atoms with van der Waals surface area (Å²) in [4.78, 5) is 13.9. The van der Waals surface area contributed by atoms with Gasteiger partial charge in [0.2, 0.25) is 5.91 Å². The van der Waals surface area contributed by atoms with Gasteiger partial charge in [-0.05, 0) is 62.8 Å². The van der Waals surface area contributed by atoms with E-state index >= 15 is 0 Å². The smallest absolute Gasteiger partial charge is 0.234 e. The summed E-state index contributed by atoms with van der Waals surface area (Å²) in [6, 6.07) is 5.48. The van der Waals surface area contributed by atoms with Crippen molar-refractivity contribution in [2.45, 2.75) is 51.2 Å². The second kappa shape index (κ2) is 8.90. The fraction of sp³-hybridized carbons (Fsp3) is 0.381. The first kappa shape index (κ1) is 20.4. The molecule has 1 aliphatic rings. The Balaban J connectivity index is 1.48. The fourth-order valence-corrected chi connectivity index (χ4v) is 5.71. The van der Waals surface area contributed by atoms with Gasteiger partial charge in [-0.15, -0.1) is 21.5 Å². The number of thioether (sulfide) groups is 1. The van der Waals surface area contributed by atoms with E-state index in [2.05, 4.69) is 32.4 Å². The Kier molecular flexibility index (Phi) is 6.27. The number of thiophene rings is 1. The zero-order valence-electron chi connectivity index (χ0n) is 16.5. The van der Waals surface area contributed by atoms with Crippen LogP contribution in [0.2, 0.25) is 5.02 Å². The van der Waals surface area contributed by atoms with Gasteiger partial charge in [0.1, 0.15) is 0 Å². The molecular formula is C21H23ClN4OS2. The Labute approximate surface area is 183 Å². The van der Waals surface area contributed by atoms with Gasteiger partial charge in [-0.2, -0.15) is 0 Å². The fourth-order valence-electron chi connectivity index (χ4n) is 3.61. The van der Waals surface area contributed by atoms with E-state index in [-0.39, 0.29) is 11.7 Å². The van der Waals surface area contributed by atoms with Crippen molar-refractivity contribution in [2.24, 2.45) is 0 Å². The number of carbonyl (C=O) groups is 1. The van der Waals surface area contributed by atoms with Gasteiger partial charge in [0, 0.05) is 33.1 Å². The van der Waals surface area contributed by atoms with Crippen molar-refractivity contribution in [3.63, 3.8) is 0 Å². The quantitative estimate of drug-likeness (QED) is 0.501. The zero-order valence-corrected chi connectivity index (χ0v) is 18.9. The van der Waals surface area contributed by atoms with Crippen molar-refractivity contribution in [3.05, 3.63) is 44.6 Å². The number of aromatic nitrogens is 3. The van der Waals surface area contributed by atoms with Gasteiger partial charge >= 0.3 is 0 Å². The molecule has 0 atom stereocenters. The van der Waals surface area contributed by atoms with Crippen LogP contribution in [0.5, 0.6) is 0 Å². The van der Waals surface area contributed by atoms with Gasteiger partial charge < -0.3 is 9.88 Å². The summed E-state index contributed by atoms with van der Waals surface area (Å²) in [6.07, 6.45) is 4.80. The predicted octanol–water partition coefficient (Wildman–Crippen LogP) is 5.60. The molecule has 0 radical (unpaired) electrons. The molecule has 5 nitrogen and oxygen atoms in total. The zero-order chi connectivity index (χ0) is 20.4. The number of anilines is 1. The minimum Gasteiger partial charge on any atom is -0.325 e. The molecule has 29 heavy (non-hydrogen) atoms. The van der Waals surface area contributed by atoms with E-state index in [1.165, 1.54) is 47.0 Å². The molecule has 0 saturated heterocycles. The van der Waals surface area contributed by atoms with E-state index in [1.54, 1.807) is 6.07 Å². The number of amides is 1. The molecule has 0 saturated carbocycles. The Morgan fingerprint density at radius 1 is 1.31 bits per heavy atom. The van der Waals surface area contributed by atoms with Crippen LogP contribution in [0, 0.1) is 6.92 Å². The van der Waals surface area contributed by atoms with Crippen LogP contribution in [0.3, 0.4) is 0 Å². The summed E-state index contributed by atoms with van der Waals surface area (Å²) in [5.41, 5.74) is 4.37. The molecule has 0 unspecified atom stereocenters. The summed E-state index contributed by atoms with van der Waals surface area (Å²) in [6.45, 7) is 4.80. The average molecular weight is 447 g/mol. The molecule has 1 amide bonds. The highest BCUT2D eigenvalue weighted by Gasteiger charge is 2.22. The number of hydrogen-bond acceptors (Lipinski definition) is 5. The minimum absolute atomic E-state index is 0.0829. The van der Waals surface area contributed by atoms with Gasteiger partial charge in [-0.25, -0.2) is 0 Å². The Morgan fingerprint density at radius 2 is 2.14 bits per heavy atom. The molecule has 0 aliphatic heterocycles. The Bertz CT molecular complexity index is 1040. The summed E-state index contributed by atoms with van der Waals surface area (Å²) in [5, 5.41) is 15.4. The lowest BCUT2D eigenvalue weighted by atomic mass is 9.96. The number of nitrogens with zero attached hydrogens (tertiary/aromatic N) is 3. The molecule has 2 heterocycles. The number of carbonyl (C=O) groups excluding carboxylic acids is 1. The van der Waals surface area contributed by atoms with Crippen LogP contribution in [0.4, 0.5) is 5.69 Å². The maximum Gasteiger partial charge on any atom is 0.234 e. The lowest BCUT2D eigenvalue weighted by molar-refractivity contribution is -0.113. The first-order valence-corrected chi connectivity index (χ1v) is 12.0. The van der Waals surface area contributed by atoms with Gasteiger partial charge in [0.05, 0.1) is 5.75 Å². The van der Waals surface area contributed by atoms with Gasteiger partial charge in [0.25, 0.3) is 0 Å². The maximum absolute atomic E-state index is 12.4. The third-order valence-corrected chi connectivity index (χ3v) is 7.43. The van der Waals surface area contributed by atoms with E-state index < -0.39 is 0 Å². The molecule has 8 heteroatoms. The van der Waals surface area contributed by atoms with Crippen molar-refractivity contribution in [3.8, 4) is 11.4 Å². The normalized spacial score (nSPS) is 13.3. The first-order valence-electron chi connectivity index (χ1n) is 9.78. The summed E-state index contributed by atoms with van der Waals surface area (Å²) in [5.74, 6) is 1.10. The number of rotatable bonds is 6. The minimum atomic E-state index is -0.0829. The molecule has 1 aromatic carbocycles. The van der Waals surface area contributed by atoms with Gasteiger partial charge in [0.15, 0.2) is 11.0 Å². The molecule has 0 spiro atoms. The van der Waals surface area contributed by atoms with Crippen LogP contribution in [-0.2, 0) is 24.2 Å². The van der Waals surface area contributed by atoms with Crippen LogP contribution >= 0.6 is 34.7 Å². The third kappa shape index (κ3) is 4.37. The van der Waals surface area contributed by atoms with Crippen molar-refractivity contribution in [1.29, 1.82) is 0 Å². The lowest BCUT2D eigenvalue weighted by Crippen LogP contribution is -2.15. The SMILES string of the molecule is CCn1c(SCC(=O)Nc2cc(Cl)ccc2C)nnc1-c1csc2c1CCCC2. The summed E-state index contributed by atoms with van der Waals surface area (Å²) >= 11 is 9.28. The van der Waals surface area contributed by atoms with Crippen LogP contribution in [-0.4, -0.2) is 26.4 Å². The number of nitrogens with one attached hydrogen (secondary N) is 1. The van der Waals surface area contributed by atoms with Crippen LogP contribution in [0.1, 0.15) is 35.8 Å². The molecule has 4 rings (SSSR count). The van der Waals surface area contributed by atoms with Crippen molar-refractivity contribution in [2.75, 3.05) is 11.1 Å².